The lowest BCUT2D eigenvalue weighted by Gasteiger charge is -2.22. The quantitative estimate of drug-likeness (QED) is 0.271. The van der Waals surface area contributed by atoms with Crippen LogP contribution in [0.25, 0.3) is 0 Å². The van der Waals surface area contributed by atoms with E-state index in [1.807, 2.05) is 37.3 Å². The van der Waals surface area contributed by atoms with Gasteiger partial charge in [-0.25, -0.2) is 4.99 Å². The highest BCUT2D eigenvalue weighted by molar-refractivity contribution is 14.0. The molecule has 1 aliphatic rings. The molecule has 1 unspecified atom stereocenters. The molecule has 2 N–H and O–H groups in total. The number of halogens is 3. The number of para-hydroxylation sites is 2. The summed E-state index contributed by atoms with van der Waals surface area (Å²) in [5.74, 6) is 0.943. The lowest BCUT2D eigenvalue weighted by atomic mass is 10.1. The van der Waals surface area contributed by atoms with Gasteiger partial charge in [-0.3, -0.25) is 0 Å². The number of methoxy groups -OCH3 is 1. The maximum atomic E-state index is 12.7. The first kappa shape index (κ1) is 26.1. The highest BCUT2D eigenvalue weighted by Crippen LogP contribution is 2.31. The zero-order valence-electron chi connectivity index (χ0n) is 18.4. The average molecular weight is 560 g/mol. The van der Waals surface area contributed by atoms with Gasteiger partial charge in [0.05, 0.1) is 18.8 Å². The number of nitrogens with one attached hydrogen (secondary N) is 2. The first-order valence-corrected chi connectivity index (χ1v) is 10.5. The lowest BCUT2D eigenvalue weighted by molar-refractivity contribution is -0.0495. The van der Waals surface area contributed by atoms with Gasteiger partial charge in [-0.1, -0.05) is 36.4 Å². The summed E-state index contributed by atoms with van der Waals surface area (Å²) in [5, 5.41) is 6.75. The molecule has 0 aliphatic carbocycles. The minimum Gasteiger partial charge on any atom is -0.433 e. The third-order valence-electron chi connectivity index (χ3n) is 5.02. The number of hydrogen-bond acceptors (Lipinski definition) is 4. The Kier molecular flexibility index (Phi) is 10.9. The van der Waals surface area contributed by atoms with E-state index in [4.69, 9.17) is 9.73 Å². The molecular formula is C23H31F2IN4O2. The van der Waals surface area contributed by atoms with Gasteiger partial charge in [0, 0.05) is 32.8 Å². The number of nitrogens with zero attached hydrogens (tertiary/aromatic N) is 2. The van der Waals surface area contributed by atoms with Gasteiger partial charge in [-0.2, -0.15) is 8.78 Å². The number of hydrogen-bond donors (Lipinski definition) is 2. The summed E-state index contributed by atoms with van der Waals surface area (Å²) >= 11 is 0. The summed E-state index contributed by atoms with van der Waals surface area (Å²) in [7, 11) is 1.68. The van der Waals surface area contributed by atoms with Gasteiger partial charge in [0.1, 0.15) is 5.75 Å². The van der Waals surface area contributed by atoms with Gasteiger partial charge in [-0.05, 0) is 36.6 Å². The van der Waals surface area contributed by atoms with Gasteiger partial charge < -0.3 is 25.0 Å². The van der Waals surface area contributed by atoms with Crippen LogP contribution in [0.3, 0.4) is 0 Å². The molecule has 9 heteroatoms. The molecule has 0 spiro atoms. The van der Waals surface area contributed by atoms with Crippen molar-refractivity contribution >= 4 is 35.6 Å². The third kappa shape index (κ3) is 7.77. The molecule has 1 fully saturated rings. The minimum absolute atomic E-state index is 0. The fourth-order valence-electron chi connectivity index (χ4n) is 3.68. The van der Waals surface area contributed by atoms with Crippen molar-refractivity contribution in [2.75, 3.05) is 31.6 Å². The normalized spacial score (nSPS) is 16.1. The van der Waals surface area contributed by atoms with E-state index in [9.17, 15) is 8.78 Å². The zero-order chi connectivity index (χ0) is 22.1. The van der Waals surface area contributed by atoms with Crippen LogP contribution in [0.15, 0.2) is 53.5 Å². The van der Waals surface area contributed by atoms with Crippen LogP contribution >= 0.6 is 24.0 Å². The van der Waals surface area contributed by atoms with E-state index in [-0.39, 0.29) is 35.8 Å². The van der Waals surface area contributed by atoms with Gasteiger partial charge in [0.15, 0.2) is 5.96 Å². The Morgan fingerprint density at radius 1 is 1.19 bits per heavy atom. The second kappa shape index (κ2) is 13.4. The number of rotatable bonds is 9. The van der Waals surface area contributed by atoms with E-state index in [0.29, 0.717) is 25.4 Å². The van der Waals surface area contributed by atoms with Crippen molar-refractivity contribution in [3.8, 4) is 5.75 Å². The second-order valence-electron chi connectivity index (χ2n) is 7.37. The monoisotopic (exact) mass is 560 g/mol. The van der Waals surface area contributed by atoms with Crippen LogP contribution in [-0.2, 0) is 17.9 Å². The molecule has 6 nitrogen and oxygen atoms in total. The van der Waals surface area contributed by atoms with Crippen LogP contribution in [0.4, 0.5) is 14.5 Å². The SMILES string of the molecule is CCNC(=NCc1cccc(COC)c1)NC1CCN(c2ccccc2OC(F)F)C1.I. The van der Waals surface area contributed by atoms with Gasteiger partial charge >= 0.3 is 6.61 Å². The summed E-state index contributed by atoms with van der Waals surface area (Å²) in [6.07, 6.45) is 0.872. The van der Waals surface area contributed by atoms with Crippen molar-refractivity contribution in [3.63, 3.8) is 0 Å². The Labute approximate surface area is 205 Å². The van der Waals surface area contributed by atoms with E-state index in [1.54, 1.807) is 19.2 Å². The van der Waals surface area contributed by atoms with Crippen LogP contribution in [0, 0.1) is 0 Å². The molecule has 2 aromatic rings. The Balaban J connectivity index is 0.00000363. The average Bonchev–Trinajstić information content (AvgIpc) is 3.21. The zero-order valence-corrected chi connectivity index (χ0v) is 20.7. The molecule has 0 radical (unpaired) electrons. The molecule has 0 saturated carbocycles. The van der Waals surface area contributed by atoms with Crippen LogP contribution in [0.2, 0.25) is 0 Å². The maximum Gasteiger partial charge on any atom is 0.387 e. The molecule has 1 aliphatic heterocycles. The predicted octanol–water partition coefficient (Wildman–Crippen LogP) is 4.39. The topological polar surface area (TPSA) is 58.1 Å². The van der Waals surface area contributed by atoms with Gasteiger partial charge in [0.2, 0.25) is 0 Å². The summed E-state index contributed by atoms with van der Waals surface area (Å²) in [6, 6.07) is 15.2. The van der Waals surface area contributed by atoms with Crippen molar-refractivity contribution in [1.29, 1.82) is 0 Å². The lowest BCUT2D eigenvalue weighted by Crippen LogP contribution is -2.44. The second-order valence-corrected chi connectivity index (χ2v) is 7.37. The first-order valence-electron chi connectivity index (χ1n) is 10.5. The molecule has 2 aromatic carbocycles. The molecule has 1 heterocycles. The Morgan fingerprint density at radius 3 is 2.72 bits per heavy atom. The number of guanidine groups is 1. The number of ether oxygens (including phenoxy) is 2. The first-order chi connectivity index (χ1) is 15.1. The highest BCUT2D eigenvalue weighted by atomic mass is 127. The number of aliphatic imine (C=N–C) groups is 1. The number of benzene rings is 2. The molecule has 0 bridgehead atoms. The molecular weight excluding hydrogens is 529 g/mol. The largest absolute Gasteiger partial charge is 0.433 e. The molecule has 3 rings (SSSR count). The summed E-state index contributed by atoms with van der Waals surface area (Å²) < 4.78 is 35.3. The highest BCUT2D eigenvalue weighted by Gasteiger charge is 2.26. The van der Waals surface area contributed by atoms with E-state index in [2.05, 4.69) is 26.3 Å². The van der Waals surface area contributed by atoms with Crippen LogP contribution in [-0.4, -0.2) is 45.4 Å². The van der Waals surface area contributed by atoms with E-state index in [1.165, 1.54) is 0 Å². The molecule has 32 heavy (non-hydrogen) atoms. The fraction of sp³-hybridized carbons (Fsp3) is 0.435. The predicted molar refractivity (Wildman–Crippen MR) is 134 cm³/mol. The molecule has 176 valence electrons. The van der Waals surface area contributed by atoms with Gasteiger partial charge in [0.25, 0.3) is 0 Å². The Bertz CT molecular complexity index is 869. The number of anilines is 1. The smallest absolute Gasteiger partial charge is 0.387 e. The molecule has 0 amide bonds. The van der Waals surface area contributed by atoms with E-state index >= 15 is 0 Å². The van der Waals surface area contributed by atoms with Crippen molar-refractivity contribution in [2.24, 2.45) is 4.99 Å². The third-order valence-corrected chi connectivity index (χ3v) is 5.02. The van der Waals surface area contributed by atoms with E-state index < -0.39 is 6.61 Å². The molecule has 0 aromatic heterocycles. The molecule has 1 saturated heterocycles. The maximum absolute atomic E-state index is 12.7. The van der Waals surface area contributed by atoms with E-state index in [0.717, 1.165) is 36.6 Å². The van der Waals surface area contributed by atoms with Crippen molar-refractivity contribution in [2.45, 2.75) is 39.1 Å². The summed E-state index contributed by atoms with van der Waals surface area (Å²) in [4.78, 5) is 6.78. The fourth-order valence-corrected chi connectivity index (χ4v) is 3.68. The minimum atomic E-state index is -2.84. The Hall–Kier alpha value is -2.14. The Morgan fingerprint density at radius 2 is 1.97 bits per heavy atom. The number of alkyl halides is 2. The van der Waals surface area contributed by atoms with Gasteiger partial charge in [-0.15, -0.1) is 24.0 Å². The molecule has 1 atom stereocenters. The van der Waals surface area contributed by atoms with Crippen LogP contribution < -0.4 is 20.3 Å². The van der Waals surface area contributed by atoms with Crippen LogP contribution in [0.1, 0.15) is 24.5 Å². The standard InChI is InChI=1S/C23H30F2N4O2.HI/c1-3-26-23(27-14-17-7-6-8-18(13-17)16-30-2)28-19-11-12-29(15-19)20-9-4-5-10-21(20)31-22(24)25;/h4-10,13,19,22H,3,11-12,14-16H2,1-2H3,(H2,26,27,28);1H. The van der Waals surface area contributed by atoms with Crippen LogP contribution in [0.5, 0.6) is 5.75 Å². The summed E-state index contributed by atoms with van der Waals surface area (Å²) in [6.45, 7) is 2.48. The van der Waals surface area contributed by atoms with Crippen molar-refractivity contribution < 1.29 is 18.3 Å². The summed E-state index contributed by atoms with van der Waals surface area (Å²) in [5.41, 5.74) is 2.91. The van der Waals surface area contributed by atoms with Crippen molar-refractivity contribution in [1.82, 2.24) is 10.6 Å². The van der Waals surface area contributed by atoms with Crippen molar-refractivity contribution in [3.05, 3.63) is 59.7 Å².